The lowest BCUT2D eigenvalue weighted by atomic mass is 9.92. The average molecular weight is 286 g/mol. The Morgan fingerprint density at radius 3 is 2.57 bits per heavy atom. The van der Waals surface area contributed by atoms with E-state index in [9.17, 15) is 5.26 Å². The minimum atomic E-state index is -0.421. The van der Waals surface area contributed by atoms with Crippen molar-refractivity contribution in [2.24, 2.45) is 0 Å². The zero-order valence-electron chi connectivity index (χ0n) is 13.3. The molecule has 1 atom stereocenters. The standard InChI is InChI=1S/C18H26N2O/c1-3-21-17-10-8-9-16(13-17)14-18(2,15-19)20-11-6-4-5-7-12-20/h8-10,13H,3-7,11-12,14H2,1-2H3. The van der Waals surface area contributed by atoms with Crippen LogP contribution in [0.4, 0.5) is 0 Å². The van der Waals surface area contributed by atoms with Gasteiger partial charge in [-0.15, -0.1) is 0 Å². The van der Waals surface area contributed by atoms with Crippen molar-refractivity contribution >= 4 is 0 Å². The van der Waals surface area contributed by atoms with Gasteiger partial charge in [-0.25, -0.2) is 0 Å². The summed E-state index contributed by atoms with van der Waals surface area (Å²) in [5, 5.41) is 9.74. The molecule has 2 rings (SSSR count). The smallest absolute Gasteiger partial charge is 0.119 e. The molecule has 0 radical (unpaired) electrons. The van der Waals surface area contributed by atoms with E-state index in [1.165, 1.54) is 31.2 Å². The number of nitrogens with zero attached hydrogens (tertiary/aromatic N) is 2. The van der Waals surface area contributed by atoms with Gasteiger partial charge >= 0.3 is 0 Å². The van der Waals surface area contributed by atoms with E-state index in [4.69, 9.17) is 4.74 Å². The molecule has 1 aliphatic rings. The number of likely N-dealkylation sites (tertiary alicyclic amines) is 1. The van der Waals surface area contributed by atoms with Crippen LogP contribution in [0.15, 0.2) is 24.3 Å². The normalized spacial score (nSPS) is 19.3. The molecule has 1 fully saturated rings. The summed E-state index contributed by atoms with van der Waals surface area (Å²) in [6.45, 7) is 6.81. The minimum Gasteiger partial charge on any atom is -0.494 e. The number of hydrogen-bond donors (Lipinski definition) is 0. The second kappa shape index (κ2) is 7.47. The number of benzene rings is 1. The molecular formula is C18H26N2O. The van der Waals surface area contributed by atoms with Crippen LogP contribution in [0, 0.1) is 11.3 Å². The predicted octanol–water partition coefficient (Wildman–Crippen LogP) is 3.79. The zero-order chi connectivity index (χ0) is 15.1. The molecule has 3 nitrogen and oxygen atoms in total. The van der Waals surface area contributed by atoms with Crippen molar-refractivity contribution in [2.45, 2.75) is 51.5 Å². The lowest BCUT2D eigenvalue weighted by molar-refractivity contribution is 0.157. The molecule has 0 aromatic heterocycles. The van der Waals surface area contributed by atoms with Crippen LogP contribution >= 0.6 is 0 Å². The van der Waals surface area contributed by atoms with Gasteiger partial charge in [0.15, 0.2) is 0 Å². The van der Waals surface area contributed by atoms with Crippen molar-refractivity contribution in [2.75, 3.05) is 19.7 Å². The summed E-state index contributed by atoms with van der Waals surface area (Å²) in [6.07, 6.45) is 5.74. The third kappa shape index (κ3) is 4.22. The van der Waals surface area contributed by atoms with E-state index in [-0.39, 0.29) is 0 Å². The van der Waals surface area contributed by atoms with Gasteiger partial charge in [0.1, 0.15) is 11.3 Å². The van der Waals surface area contributed by atoms with Gasteiger partial charge in [0.05, 0.1) is 12.7 Å². The van der Waals surface area contributed by atoms with E-state index in [0.29, 0.717) is 6.61 Å². The Morgan fingerprint density at radius 1 is 1.24 bits per heavy atom. The Hall–Kier alpha value is -1.53. The van der Waals surface area contributed by atoms with E-state index in [1.807, 2.05) is 19.1 Å². The Bertz CT molecular complexity index is 486. The summed E-state index contributed by atoms with van der Waals surface area (Å²) >= 11 is 0. The second-order valence-corrected chi connectivity index (χ2v) is 6.04. The van der Waals surface area contributed by atoms with Crippen LogP contribution in [0.25, 0.3) is 0 Å². The van der Waals surface area contributed by atoms with Gasteiger partial charge in [-0.05, 0) is 57.5 Å². The maximum Gasteiger partial charge on any atom is 0.119 e. The van der Waals surface area contributed by atoms with Gasteiger partial charge in [0, 0.05) is 6.42 Å². The van der Waals surface area contributed by atoms with Crippen molar-refractivity contribution in [3.05, 3.63) is 29.8 Å². The van der Waals surface area contributed by atoms with Crippen molar-refractivity contribution in [1.82, 2.24) is 4.90 Å². The van der Waals surface area contributed by atoms with Crippen LogP contribution in [0.3, 0.4) is 0 Å². The molecule has 1 heterocycles. The third-order valence-electron chi connectivity index (χ3n) is 4.30. The lowest BCUT2D eigenvalue weighted by Crippen LogP contribution is -2.47. The molecule has 1 saturated heterocycles. The molecule has 1 aromatic carbocycles. The topological polar surface area (TPSA) is 36.3 Å². The van der Waals surface area contributed by atoms with Crippen LogP contribution in [-0.4, -0.2) is 30.1 Å². The second-order valence-electron chi connectivity index (χ2n) is 6.04. The van der Waals surface area contributed by atoms with Crippen molar-refractivity contribution in [3.63, 3.8) is 0 Å². The first-order chi connectivity index (χ1) is 10.2. The Kier molecular flexibility index (Phi) is 5.64. The van der Waals surface area contributed by atoms with E-state index < -0.39 is 5.54 Å². The molecule has 21 heavy (non-hydrogen) atoms. The molecule has 0 aliphatic carbocycles. The summed E-state index contributed by atoms with van der Waals surface area (Å²) in [6, 6.07) is 10.7. The monoisotopic (exact) mass is 286 g/mol. The quantitative estimate of drug-likeness (QED) is 0.826. The lowest BCUT2D eigenvalue weighted by Gasteiger charge is -2.35. The van der Waals surface area contributed by atoms with E-state index in [0.717, 1.165) is 25.3 Å². The van der Waals surface area contributed by atoms with E-state index in [1.54, 1.807) is 0 Å². The van der Waals surface area contributed by atoms with Gasteiger partial charge in [-0.3, -0.25) is 4.90 Å². The summed E-state index contributed by atoms with van der Waals surface area (Å²) in [7, 11) is 0. The fraction of sp³-hybridized carbons (Fsp3) is 0.611. The molecule has 0 N–H and O–H groups in total. The molecule has 0 spiro atoms. The predicted molar refractivity (Wildman–Crippen MR) is 85.4 cm³/mol. The molecule has 1 aliphatic heterocycles. The Balaban J connectivity index is 2.13. The maximum atomic E-state index is 9.74. The zero-order valence-corrected chi connectivity index (χ0v) is 13.3. The number of ether oxygens (including phenoxy) is 1. The summed E-state index contributed by atoms with van der Waals surface area (Å²) < 4.78 is 5.56. The van der Waals surface area contributed by atoms with Gasteiger partial charge in [0.25, 0.3) is 0 Å². The van der Waals surface area contributed by atoms with Gasteiger partial charge < -0.3 is 4.74 Å². The molecule has 1 unspecified atom stereocenters. The van der Waals surface area contributed by atoms with Crippen LogP contribution < -0.4 is 4.74 Å². The van der Waals surface area contributed by atoms with Crippen LogP contribution in [-0.2, 0) is 6.42 Å². The highest BCUT2D eigenvalue weighted by Gasteiger charge is 2.32. The average Bonchev–Trinajstić information content (AvgIpc) is 2.77. The third-order valence-corrected chi connectivity index (χ3v) is 4.30. The molecular weight excluding hydrogens is 260 g/mol. The summed E-state index contributed by atoms with van der Waals surface area (Å²) in [5.41, 5.74) is 0.754. The summed E-state index contributed by atoms with van der Waals surface area (Å²) in [5.74, 6) is 0.895. The number of nitriles is 1. The molecule has 0 bridgehead atoms. The first-order valence-electron chi connectivity index (χ1n) is 8.06. The molecule has 1 aromatic rings. The largest absolute Gasteiger partial charge is 0.494 e. The van der Waals surface area contributed by atoms with Gasteiger partial charge in [0.2, 0.25) is 0 Å². The van der Waals surface area contributed by atoms with Crippen molar-refractivity contribution in [1.29, 1.82) is 5.26 Å². The highest BCUT2D eigenvalue weighted by molar-refractivity contribution is 5.31. The molecule has 3 heteroatoms. The molecule has 0 amide bonds. The Labute approximate surface area is 128 Å². The van der Waals surface area contributed by atoms with E-state index >= 15 is 0 Å². The van der Waals surface area contributed by atoms with E-state index in [2.05, 4.69) is 30.0 Å². The van der Waals surface area contributed by atoms with Gasteiger partial charge in [-0.2, -0.15) is 5.26 Å². The minimum absolute atomic E-state index is 0.421. The number of hydrogen-bond acceptors (Lipinski definition) is 3. The number of rotatable bonds is 5. The van der Waals surface area contributed by atoms with Crippen LogP contribution in [0.2, 0.25) is 0 Å². The highest BCUT2D eigenvalue weighted by atomic mass is 16.5. The first kappa shape index (κ1) is 15.9. The SMILES string of the molecule is CCOc1cccc(CC(C)(C#N)N2CCCCCC2)c1. The molecule has 114 valence electrons. The maximum absolute atomic E-state index is 9.74. The van der Waals surface area contributed by atoms with Crippen LogP contribution in [0.1, 0.15) is 45.1 Å². The molecule has 0 saturated carbocycles. The Morgan fingerprint density at radius 2 is 1.95 bits per heavy atom. The van der Waals surface area contributed by atoms with Gasteiger partial charge in [-0.1, -0.05) is 25.0 Å². The van der Waals surface area contributed by atoms with Crippen LogP contribution in [0.5, 0.6) is 5.75 Å². The first-order valence-corrected chi connectivity index (χ1v) is 8.06. The van der Waals surface area contributed by atoms with Crippen molar-refractivity contribution in [3.8, 4) is 11.8 Å². The van der Waals surface area contributed by atoms with Crippen molar-refractivity contribution < 1.29 is 4.74 Å². The highest BCUT2D eigenvalue weighted by Crippen LogP contribution is 2.25. The fourth-order valence-electron chi connectivity index (χ4n) is 3.10. The summed E-state index contributed by atoms with van der Waals surface area (Å²) in [4.78, 5) is 2.37. The fourth-order valence-corrected chi connectivity index (χ4v) is 3.10.